The molecule has 0 spiro atoms. The second kappa shape index (κ2) is 4.74. The van der Waals surface area contributed by atoms with E-state index < -0.39 is 5.97 Å². The molecule has 5 nitrogen and oxygen atoms in total. The Morgan fingerprint density at radius 3 is 2.84 bits per heavy atom. The number of carboxylic acid groups (broad SMARTS) is 1. The number of ether oxygens (including phenoxy) is 1. The Morgan fingerprint density at radius 1 is 1.37 bits per heavy atom. The first-order chi connectivity index (χ1) is 9.15. The van der Waals surface area contributed by atoms with Gasteiger partial charge in [-0.1, -0.05) is 0 Å². The van der Waals surface area contributed by atoms with Crippen LogP contribution in [0.4, 0.5) is 11.4 Å². The topological polar surface area (TPSA) is 84.6 Å². The third-order valence-corrected chi connectivity index (χ3v) is 3.86. The van der Waals surface area contributed by atoms with Crippen molar-refractivity contribution in [3.05, 3.63) is 23.8 Å². The molecule has 2 aliphatic rings. The molecule has 2 unspecified atom stereocenters. The molecule has 5 heteroatoms. The normalized spacial score (nSPS) is 26.3. The number of nitrogens with two attached hydrogens (primary N) is 1. The van der Waals surface area contributed by atoms with Crippen LogP contribution in [0.15, 0.2) is 18.2 Å². The smallest absolute Gasteiger partial charge is 0.337 e. The van der Waals surface area contributed by atoms with E-state index in [-0.39, 0.29) is 17.7 Å². The molecule has 0 amide bonds. The van der Waals surface area contributed by atoms with E-state index in [2.05, 4.69) is 5.32 Å². The van der Waals surface area contributed by atoms with Crippen molar-refractivity contribution >= 4 is 17.3 Å². The molecule has 0 bridgehead atoms. The minimum Gasteiger partial charge on any atom is -0.478 e. The minimum absolute atomic E-state index is 0.145. The lowest BCUT2D eigenvalue weighted by Crippen LogP contribution is -2.31. The summed E-state index contributed by atoms with van der Waals surface area (Å²) in [5.74, 6) is -0.324. The standard InChI is InChI=1S/C14H18N2O3/c15-11-4-3-9(7-10(11)14(17)18)16-12-5-6-19-13(12)8-1-2-8/h3-4,7-8,12-13,16H,1-2,5-6,15H2,(H,17,18). The van der Waals surface area contributed by atoms with E-state index in [9.17, 15) is 4.79 Å². The number of nitrogen functional groups attached to an aromatic ring is 1. The summed E-state index contributed by atoms with van der Waals surface area (Å²) in [5.41, 5.74) is 6.89. The van der Waals surface area contributed by atoms with E-state index in [1.54, 1.807) is 12.1 Å². The van der Waals surface area contributed by atoms with Crippen molar-refractivity contribution in [3.63, 3.8) is 0 Å². The number of hydrogen-bond acceptors (Lipinski definition) is 4. The summed E-state index contributed by atoms with van der Waals surface area (Å²) >= 11 is 0. The molecule has 1 aliphatic carbocycles. The summed E-state index contributed by atoms with van der Waals surface area (Å²) in [6, 6.07) is 5.33. The maximum absolute atomic E-state index is 11.1. The van der Waals surface area contributed by atoms with Crippen LogP contribution in [0.2, 0.25) is 0 Å². The Kier molecular flexibility index (Phi) is 3.06. The number of nitrogens with one attached hydrogen (secondary N) is 1. The molecular formula is C14H18N2O3. The molecule has 2 atom stereocenters. The number of benzene rings is 1. The van der Waals surface area contributed by atoms with Crippen molar-refractivity contribution in [1.82, 2.24) is 0 Å². The molecule has 1 aliphatic heterocycles. The zero-order valence-electron chi connectivity index (χ0n) is 10.6. The maximum Gasteiger partial charge on any atom is 0.337 e. The fraction of sp³-hybridized carbons (Fsp3) is 0.500. The highest BCUT2D eigenvalue weighted by atomic mass is 16.5. The van der Waals surface area contributed by atoms with Crippen LogP contribution in [0.5, 0.6) is 0 Å². The van der Waals surface area contributed by atoms with Crippen molar-refractivity contribution in [2.75, 3.05) is 17.7 Å². The zero-order valence-corrected chi connectivity index (χ0v) is 10.6. The second-order valence-electron chi connectivity index (χ2n) is 5.32. The quantitative estimate of drug-likeness (QED) is 0.722. The molecule has 0 radical (unpaired) electrons. The molecular weight excluding hydrogens is 244 g/mol. The van der Waals surface area contributed by atoms with Gasteiger partial charge in [0, 0.05) is 18.0 Å². The van der Waals surface area contributed by atoms with Gasteiger partial charge < -0.3 is 20.9 Å². The van der Waals surface area contributed by atoms with E-state index in [0.717, 1.165) is 18.7 Å². The van der Waals surface area contributed by atoms with Crippen LogP contribution in [0.3, 0.4) is 0 Å². The molecule has 1 saturated carbocycles. The van der Waals surface area contributed by atoms with E-state index in [1.165, 1.54) is 12.8 Å². The Hall–Kier alpha value is -1.75. The van der Waals surface area contributed by atoms with Crippen LogP contribution in [0.1, 0.15) is 29.6 Å². The van der Waals surface area contributed by atoms with Gasteiger partial charge in [0.25, 0.3) is 0 Å². The number of aromatic carboxylic acids is 1. The fourth-order valence-electron chi connectivity index (χ4n) is 2.70. The van der Waals surface area contributed by atoms with Crippen LogP contribution in [-0.4, -0.2) is 29.8 Å². The monoisotopic (exact) mass is 262 g/mol. The second-order valence-corrected chi connectivity index (χ2v) is 5.32. The molecule has 19 heavy (non-hydrogen) atoms. The number of carbonyl (C=O) groups is 1. The summed E-state index contributed by atoms with van der Waals surface area (Å²) in [5, 5.41) is 12.5. The van der Waals surface area contributed by atoms with Crippen LogP contribution in [0.25, 0.3) is 0 Å². The summed E-state index contributed by atoms with van der Waals surface area (Å²) in [4.78, 5) is 11.1. The molecule has 102 valence electrons. The average molecular weight is 262 g/mol. The van der Waals surface area contributed by atoms with Crippen LogP contribution in [0, 0.1) is 5.92 Å². The first-order valence-electron chi connectivity index (χ1n) is 6.66. The number of carboxylic acids is 1. The molecule has 3 rings (SSSR count). The lowest BCUT2D eigenvalue weighted by molar-refractivity contribution is 0.0698. The highest BCUT2D eigenvalue weighted by molar-refractivity contribution is 5.94. The van der Waals surface area contributed by atoms with Crippen molar-refractivity contribution in [2.45, 2.75) is 31.4 Å². The largest absolute Gasteiger partial charge is 0.478 e. The van der Waals surface area contributed by atoms with Gasteiger partial charge in [0.15, 0.2) is 0 Å². The summed E-state index contributed by atoms with van der Waals surface area (Å²) in [6.07, 6.45) is 3.72. The average Bonchev–Trinajstić information content (AvgIpc) is 3.12. The van der Waals surface area contributed by atoms with Gasteiger partial charge in [-0.05, 0) is 43.4 Å². The predicted octanol–water partition coefficient (Wildman–Crippen LogP) is 1.95. The van der Waals surface area contributed by atoms with E-state index in [1.807, 2.05) is 6.07 Å². The van der Waals surface area contributed by atoms with Gasteiger partial charge in [0.05, 0.1) is 17.7 Å². The van der Waals surface area contributed by atoms with Gasteiger partial charge in [-0.2, -0.15) is 0 Å². The molecule has 1 aromatic rings. The first kappa shape index (κ1) is 12.3. The first-order valence-corrected chi connectivity index (χ1v) is 6.66. The summed E-state index contributed by atoms with van der Waals surface area (Å²) < 4.78 is 5.76. The van der Waals surface area contributed by atoms with Crippen molar-refractivity contribution in [3.8, 4) is 0 Å². The number of anilines is 2. The molecule has 1 aromatic carbocycles. The Labute approximate surface area is 111 Å². The van der Waals surface area contributed by atoms with Crippen molar-refractivity contribution < 1.29 is 14.6 Å². The van der Waals surface area contributed by atoms with Gasteiger partial charge >= 0.3 is 5.97 Å². The van der Waals surface area contributed by atoms with E-state index in [0.29, 0.717) is 11.6 Å². The highest BCUT2D eigenvalue weighted by Crippen LogP contribution is 2.39. The summed E-state index contributed by atoms with van der Waals surface area (Å²) in [7, 11) is 0. The van der Waals surface area contributed by atoms with Crippen LogP contribution < -0.4 is 11.1 Å². The summed E-state index contributed by atoms with van der Waals surface area (Å²) in [6.45, 7) is 0.777. The van der Waals surface area contributed by atoms with Gasteiger partial charge in [0.1, 0.15) is 0 Å². The highest BCUT2D eigenvalue weighted by Gasteiger charge is 2.40. The van der Waals surface area contributed by atoms with Crippen molar-refractivity contribution in [2.24, 2.45) is 5.92 Å². The van der Waals surface area contributed by atoms with E-state index >= 15 is 0 Å². The zero-order chi connectivity index (χ0) is 13.4. The SMILES string of the molecule is Nc1ccc(NC2CCOC2C2CC2)cc1C(=O)O. The Bertz CT molecular complexity index is 499. The fourth-order valence-corrected chi connectivity index (χ4v) is 2.70. The van der Waals surface area contributed by atoms with Crippen molar-refractivity contribution in [1.29, 1.82) is 0 Å². The lowest BCUT2D eigenvalue weighted by atomic mass is 10.1. The molecule has 0 aromatic heterocycles. The van der Waals surface area contributed by atoms with Crippen LogP contribution >= 0.6 is 0 Å². The molecule has 1 heterocycles. The number of rotatable bonds is 4. The molecule has 4 N–H and O–H groups in total. The van der Waals surface area contributed by atoms with Gasteiger partial charge in [-0.15, -0.1) is 0 Å². The predicted molar refractivity (Wildman–Crippen MR) is 72.3 cm³/mol. The van der Waals surface area contributed by atoms with Gasteiger partial charge in [0.2, 0.25) is 0 Å². The van der Waals surface area contributed by atoms with Gasteiger partial charge in [-0.25, -0.2) is 4.79 Å². The van der Waals surface area contributed by atoms with E-state index in [4.69, 9.17) is 15.6 Å². The lowest BCUT2D eigenvalue weighted by Gasteiger charge is -2.21. The number of hydrogen-bond donors (Lipinski definition) is 3. The third kappa shape index (κ3) is 2.51. The Morgan fingerprint density at radius 2 is 2.16 bits per heavy atom. The van der Waals surface area contributed by atoms with Crippen LogP contribution in [-0.2, 0) is 4.74 Å². The minimum atomic E-state index is -0.998. The maximum atomic E-state index is 11.1. The van der Waals surface area contributed by atoms with Gasteiger partial charge in [-0.3, -0.25) is 0 Å². The molecule has 1 saturated heterocycles. The third-order valence-electron chi connectivity index (χ3n) is 3.86. The Balaban J connectivity index is 1.75. The molecule has 2 fully saturated rings.